The van der Waals surface area contributed by atoms with E-state index in [2.05, 4.69) is 37.1 Å². The lowest BCUT2D eigenvalue weighted by atomic mass is 9.89. The molecule has 1 amide bonds. The molecule has 0 spiro atoms. The van der Waals surface area contributed by atoms with Gasteiger partial charge in [-0.3, -0.25) is 14.4 Å². The molecular formula is C23H34N4O2. The molecule has 2 unspecified atom stereocenters. The van der Waals surface area contributed by atoms with Crippen molar-refractivity contribution in [3.05, 3.63) is 30.0 Å². The maximum Gasteiger partial charge on any atom is 0.272 e. The van der Waals surface area contributed by atoms with Gasteiger partial charge in [-0.15, -0.1) is 0 Å². The Balaban J connectivity index is 1.50. The molecule has 29 heavy (non-hydrogen) atoms. The molecule has 2 aliphatic rings. The van der Waals surface area contributed by atoms with Gasteiger partial charge in [0.1, 0.15) is 0 Å². The Morgan fingerprint density at radius 1 is 1.24 bits per heavy atom. The molecule has 2 fully saturated rings. The van der Waals surface area contributed by atoms with Gasteiger partial charge in [-0.1, -0.05) is 38.5 Å². The third-order valence-corrected chi connectivity index (χ3v) is 6.61. The number of nitrogens with one attached hydrogen (secondary N) is 1. The minimum atomic E-state index is -0.0470. The van der Waals surface area contributed by atoms with E-state index in [0.717, 1.165) is 49.9 Å². The molecule has 2 saturated heterocycles. The molecule has 4 rings (SSSR count). The van der Waals surface area contributed by atoms with Gasteiger partial charge in [0.05, 0.1) is 18.7 Å². The van der Waals surface area contributed by atoms with Crippen molar-refractivity contribution in [1.29, 1.82) is 0 Å². The zero-order chi connectivity index (χ0) is 20.4. The molecule has 1 aromatic heterocycles. The van der Waals surface area contributed by atoms with Crippen LogP contribution in [-0.2, 0) is 4.74 Å². The van der Waals surface area contributed by atoms with E-state index in [1.54, 1.807) is 0 Å². The van der Waals surface area contributed by atoms with Crippen LogP contribution in [0.15, 0.2) is 24.3 Å². The normalized spacial score (nSPS) is 25.8. The number of unbranched alkanes of at least 4 members (excludes halogenated alkanes) is 1. The van der Waals surface area contributed by atoms with Gasteiger partial charge in [0.15, 0.2) is 5.69 Å². The highest BCUT2D eigenvalue weighted by Gasteiger charge is 2.39. The number of hydrogen-bond acceptors (Lipinski definition) is 4. The number of amides is 1. The van der Waals surface area contributed by atoms with E-state index in [4.69, 9.17) is 9.84 Å². The second kappa shape index (κ2) is 8.84. The highest BCUT2D eigenvalue weighted by molar-refractivity contribution is 6.05. The van der Waals surface area contributed by atoms with E-state index in [-0.39, 0.29) is 18.0 Å². The first kappa shape index (κ1) is 20.4. The number of fused-ring (bicyclic) bond motifs is 3. The van der Waals surface area contributed by atoms with Crippen molar-refractivity contribution in [1.82, 2.24) is 20.0 Å². The van der Waals surface area contributed by atoms with Crippen LogP contribution in [0.5, 0.6) is 0 Å². The van der Waals surface area contributed by atoms with Crippen molar-refractivity contribution >= 4 is 16.8 Å². The average Bonchev–Trinajstić information content (AvgIpc) is 3.11. The van der Waals surface area contributed by atoms with Crippen molar-refractivity contribution in [2.75, 3.05) is 19.8 Å². The molecule has 1 N–H and O–H groups in total. The quantitative estimate of drug-likeness (QED) is 0.771. The van der Waals surface area contributed by atoms with Crippen LogP contribution in [-0.4, -0.2) is 58.5 Å². The summed E-state index contributed by atoms with van der Waals surface area (Å²) in [5.74, 6) is -0.0470. The van der Waals surface area contributed by atoms with Gasteiger partial charge >= 0.3 is 0 Å². The number of ether oxygens (including phenoxy) is 1. The molecule has 2 aromatic rings. The number of morpholine rings is 1. The monoisotopic (exact) mass is 398 g/mol. The van der Waals surface area contributed by atoms with E-state index in [9.17, 15) is 4.79 Å². The van der Waals surface area contributed by atoms with Crippen molar-refractivity contribution in [2.45, 2.75) is 77.0 Å². The van der Waals surface area contributed by atoms with Crippen LogP contribution in [0.4, 0.5) is 0 Å². The van der Waals surface area contributed by atoms with Crippen molar-refractivity contribution in [3.8, 4) is 0 Å². The van der Waals surface area contributed by atoms with E-state index < -0.39 is 0 Å². The smallest absolute Gasteiger partial charge is 0.272 e. The SMILES string of the molecule is CCCCN1C2COCC1CC(NC(=O)c1nn([C@@H](C)CC)c3ccccc13)C2. The first-order chi connectivity index (χ1) is 14.1. The Morgan fingerprint density at radius 2 is 1.97 bits per heavy atom. The lowest BCUT2D eigenvalue weighted by Crippen LogP contribution is -2.60. The first-order valence-corrected chi connectivity index (χ1v) is 11.2. The summed E-state index contributed by atoms with van der Waals surface area (Å²) in [6.45, 7) is 9.22. The highest BCUT2D eigenvalue weighted by atomic mass is 16.5. The molecule has 3 atom stereocenters. The van der Waals surface area contributed by atoms with Crippen LogP contribution in [0.1, 0.15) is 69.4 Å². The topological polar surface area (TPSA) is 59.4 Å². The van der Waals surface area contributed by atoms with Gasteiger partial charge < -0.3 is 10.1 Å². The summed E-state index contributed by atoms with van der Waals surface area (Å²) in [5.41, 5.74) is 1.59. The number of benzene rings is 1. The number of para-hydroxylation sites is 1. The number of rotatable bonds is 7. The molecule has 3 heterocycles. The third-order valence-electron chi connectivity index (χ3n) is 6.61. The zero-order valence-electron chi connectivity index (χ0n) is 17.9. The third kappa shape index (κ3) is 4.05. The fourth-order valence-corrected chi connectivity index (χ4v) is 4.83. The Hall–Kier alpha value is -1.92. The highest BCUT2D eigenvalue weighted by Crippen LogP contribution is 2.29. The van der Waals surface area contributed by atoms with Crippen LogP contribution in [0.3, 0.4) is 0 Å². The van der Waals surface area contributed by atoms with Gasteiger partial charge in [-0.05, 0) is 45.2 Å². The summed E-state index contributed by atoms with van der Waals surface area (Å²) in [4.78, 5) is 15.8. The summed E-state index contributed by atoms with van der Waals surface area (Å²) in [7, 11) is 0. The van der Waals surface area contributed by atoms with E-state index in [1.165, 1.54) is 12.8 Å². The Bertz CT molecular complexity index is 835. The predicted molar refractivity (Wildman–Crippen MR) is 115 cm³/mol. The molecule has 158 valence electrons. The summed E-state index contributed by atoms with van der Waals surface area (Å²) in [6.07, 6.45) is 5.32. The fraction of sp³-hybridized carbons (Fsp3) is 0.652. The first-order valence-electron chi connectivity index (χ1n) is 11.2. The van der Waals surface area contributed by atoms with Crippen LogP contribution >= 0.6 is 0 Å². The van der Waals surface area contributed by atoms with E-state index in [0.29, 0.717) is 17.8 Å². The summed E-state index contributed by atoms with van der Waals surface area (Å²) in [5, 5.41) is 8.97. The predicted octanol–water partition coefficient (Wildman–Crippen LogP) is 3.77. The van der Waals surface area contributed by atoms with Crippen LogP contribution in [0, 0.1) is 0 Å². The molecule has 2 bridgehead atoms. The second-order valence-corrected chi connectivity index (χ2v) is 8.65. The zero-order valence-corrected chi connectivity index (χ0v) is 17.9. The standard InChI is InChI=1S/C23H34N4O2/c1-4-6-11-26-18-12-17(13-19(26)15-29-14-18)24-23(28)22-20-9-7-8-10-21(20)27(25-22)16(3)5-2/h7-10,16-19H,4-6,11-15H2,1-3H3,(H,24,28)/t16-,17?,18?,19?/m0/s1. The van der Waals surface area contributed by atoms with Crippen molar-refractivity contribution < 1.29 is 9.53 Å². The Labute approximate surface area is 173 Å². The van der Waals surface area contributed by atoms with E-state index in [1.807, 2.05) is 22.9 Å². The number of nitrogens with zero attached hydrogens (tertiary/aromatic N) is 3. The summed E-state index contributed by atoms with van der Waals surface area (Å²) < 4.78 is 7.81. The molecule has 6 heteroatoms. The van der Waals surface area contributed by atoms with Crippen molar-refractivity contribution in [3.63, 3.8) is 0 Å². The lowest BCUT2D eigenvalue weighted by molar-refractivity contribution is -0.0802. The number of carbonyl (C=O) groups excluding carboxylic acids is 1. The maximum atomic E-state index is 13.2. The fourth-order valence-electron chi connectivity index (χ4n) is 4.83. The number of hydrogen-bond donors (Lipinski definition) is 1. The second-order valence-electron chi connectivity index (χ2n) is 8.65. The molecule has 6 nitrogen and oxygen atoms in total. The minimum Gasteiger partial charge on any atom is -0.378 e. The molecule has 2 aliphatic heterocycles. The van der Waals surface area contributed by atoms with Crippen LogP contribution in [0.2, 0.25) is 0 Å². The molecular weight excluding hydrogens is 364 g/mol. The van der Waals surface area contributed by atoms with E-state index >= 15 is 0 Å². The van der Waals surface area contributed by atoms with Gasteiger partial charge in [0.2, 0.25) is 0 Å². The summed E-state index contributed by atoms with van der Waals surface area (Å²) >= 11 is 0. The van der Waals surface area contributed by atoms with Gasteiger partial charge in [-0.2, -0.15) is 5.10 Å². The lowest BCUT2D eigenvalue weighted by Gasteiger charge is -2.48. The van der Waals surface area contributed by atoms with Crippen LogP contribution in [0.25, 0.3) is 10.9 Å². The van der Waals surface area contributed by atoms with Gasteiger partial charge in [0, 0.05) is 29.6 Å². The molecule has 0 radical (unpaired) electrons. The molecule has 0 saturated carbocycles. The maximum absolute atomic E-state index is 13.2. The van der Waals surface area contributed by atoms with Crippen LogP contribution < -0.4 is 5.32 Å². The number of piperidine rings is 1. The minimum absolute atomic E-state index is 0.0470. The van der Waals surface area contributed by atoms with Crippen molar-refractivity contribution in [2.24, 2.45) is 0 Å². The summed E-state index contributed by atoms with van der Waals surface area (Å²) in [6, 6.07) is 9.33. The van der Waals surface area contributed by atoms with Gasteiger partial charge in [-0.25, -0.2) is 0 Å². The Morgan fingerprint density at radius 3 is 2.66 bits per heavy atom. The number of carbonyl (C=O) groups is 1. The average molecular weight is 399 g/mol. The van der Waals surface area contributed by atoms with Gasteiger partial charge in [0.25, 0.3) is 5.91 Å². The molecule has 1 aromatic carbocycles. The Kier molecular flexibility index (Phi) is 6.20. The molecule has 0 aliphatic carbocycles. The largest absolute Gasteiger partial charge is 0.378 e. The number of aromatic nitrogens is 2.